The molecule has 1 unspecified atom stereocenters. The number of hydrogen-bond acceptors (Lipinski definition) is 3. The third-order valence-corrected chi connectivity index (χ3v) is 4.99. The molecule has 3 rings (SSSR count). The number of hydrogen-bond donors (Lipinski definition) is 3. The fraction of sp³-hybridized carbons (Fsp3) is 0.409. The third-order valence-electron chi connectivity index (χ3n) is 4.99. The summed E-state index contributed by atoms with van der Waals surface area (Å²) >= 11 is 0. The number of nitrogens with one attached hydrogen (secondary N) is 3. The molecule has 1 amide bonds. The molecule has 150 valence electrons. The summed E-state index contributed by atoms with van der Waals surface area (Å²) in [6.07, 6.45) is 0. The molecule has 1 saturated heterocycles. The number of benzene rings is 2. The summed E-state index contributed by atoms with van der Waals surface area (Å²) in [5.74, 6) is 0.862. The highest BCUT2D eigenvalue weighted by atomic mass is 16.5. The summed E-state index contributed by atoms with van der Waals surface area (Å²) in [5, 5.41) is 3.00. The average molecular weight is 386 g/mol. The maximum Gasteiger partial charge on any atom is 0.279 e. The van der Waals surface area contributed by atoms with Gasteiger partial charge in [0, 0.05) is 16.8 Å². The molecule has 1 aliphatic rings. The number of quaternary nitrogens is 2. The highest BCUT2D eigenvalue weighted by Gasteiger charge is 2.15. The van der Waals surface area contributed by atoms with E-state index in [1.54, 1.807) is 12.0 Å². The van der Waals surface area contributed by atoms with Crippen LogP contribution in [0.5, 0.6) is 5.75 Å². The van der Waals surface area contributed by atoms with Crippen molar-refractivity contribution in [3.63, 3.8) is 0 Å². The first-order chi connectivity index (χ1) is 13.6. The van der Waals surface area contributed by atoms with E-state index in [0.29, 0.717) is 6.54 Å². The summed E-state index contributed by atoms with van der Waals surface area (Å²) < 4.78 is 10.7. The molecule has 0 aromatic heterocycles. The summed E-state index contributed by atoms with van der Waals surface area (Å²) in [6, 6.07) is 16.2. The van der Waals surface area contributed by atoms with E-state index in [9.17, 15) is 4.79 Å². The first-order valence-corrected chi connectivity index (χ1v) is 9.87. The van der Waals surface area contributed by atoms with Gasteiger partial charge < -0.3 is 24.6 Å². The Kier molecular flexibility index (Phi) is 7.42. The van der Waals surface area contributed by atoms with Gasteiger partial charge in [-0.2, -0.15) is 0 Å². The van der Waals surface area contributed by atoms with Crippen LogP contribution in [0.25, 0.3) is 0 Å². The molecule has 1 fully saturated rings. The standard InChI is InChI=1S/C22H29N3O3/c1-24(15-19-4-3-5-21(14-19)27-2)17-22(26)23-20-8-6-18(7-9-20)16-25-10-12-28-13-11-25/h3-9,14H,10-13,15-17H2,1-2H3,(H,23,26)/p+2. The summed E-state index contributed by atoms with van der Waals surface area (Å²) in [5.41, 5.74) is 3.29. The lowest BCUT2D eigenvalue weighted by molar-refractivity contribution is -0.921. The van der Waals surface area contributed by atoms with E-state index >= 15 is 0 Å². The predicted octanol–water partition coefficient (Wildman–Crippen LogP) is -0.236. The Bertz CT molecular complexity index is 758. The quantitative estimate of drug-likeness (QED) is 0.588. The molecule has 1 heterocycles. The normalized spacial score (nSPS) is 15.8. The van der Waals surface area contributed by atoms with E-state index in [4.69, 9.17) is 9.47 Å². The van der Waals surface area contributed by atoms with Gasteiger partial charge in [-0.3, -0.25) is 4.79 Å². The van der Waals surface area contributed by atoms with Gasteiger partial charge in [0.2, 0.25) is 0 Å². The second kappa shape index (κ2) is 10.2. The van der Waals surface area contributed by atoms with Crippen molar-refractivity contribution >= 4 is 11.6 Å². The molecular weight excluding hydrogens is 354 g/mol. The monoisotopic (exact) mass is 385 g/mol. The molecule has 0 aliphatic carbocycles. The van der Waals surface area contributed by atoms with E-state index in [1.807, 2.05) is 37.4 Å². The van der Waals surface area contributed by atoms with Gasteiger partial charge in [0.25, 0.3) is 5.91 Å². The number of morpholine rings is 1. The Morgan fingerprint density at radius 1 is 1.14 bits per heavy atom. The number of rotatable bonds is 8. The van der Waals surface area contributed by atoms with Crippen LogP contribution in [-0.2, 0) is 22.6 Å². The molecule has 6 heteroatoms. The van der Waals surface area contributed by atoms with Crippen molar-refractivity contribution in [1.82, 2.24) is 0 Å². The van der Waals surface area contributed by atoms with Crippen molar-refractivity contribution in [3.05, 3.63) is 59.7 Å². The maximum atomic E-state index is 12.4. The van der Waals surface area contributed by atoms with Gasteiger partial charge in [-0.15, -0.1) is 0 Å². The van der Waals surface area contributed by atoms with E-state index in [0.717, 1.165) is 61.3 Å². The molecule has 0 radical (unpaired) electrons. The Morgan fingerprint density at radius 3 is 2.61 bits per heavy atom. The van der Waals surface area contributed by atoms with E-state index < -0.39 is 0 Å². The predicted molar refractivity (Wildman–Crippen MR) is 109 cm³/mol. The number of carbonyl (C=O) groups excluding carboxylic acids is 1. The van der Waals surface area contributed by atoms with Crippen LogP contribution >= 0.6 is 0 Å². The minimum absolute atomic E-state index is 0.0203. The van der Waals surface area contributed by atoms with Gasteiger partial charge in [0.1, 0.15) is 31.9 Å². The summed E-state index contributed by atoms with van der Waals surface area (Å²) in [4.78, 5) is 15.0. The molecule has 2 aromatic carbocycles. The van der Waals surface area contributed by atoms with E-state index in [-0.39, 0.29) is 5.91 Å². The van der Waals surface area contributed by atoms with Gasteiger partial charge in [0.05, 0.1) is 27.4 Å². The highest BCUT2D eigenvalue weighted by molar-refractivity contribution is 5.91. The maximum absolute atomic E-state index is 12.4. The van der Waals surface area contributed by atoms with Crippen LogP contribution in [0.4, 0.5) is 5.69 Å². The van der Waals surface area contributed by atoms with Gasteiger partial charge in [0.15, 0.2) is 6.54 Å². The Morgan fingerprint density at radius 2 is 1.89 bits per heavy atom. The van der Waals surface area contributed by atoms with Gasteiger partial charge >= 0.3 is 0 Å². The lowest BCUT2D eigenvalue weighted by atomic mass is 10.2. The fourth-order valence-corrected chi connectivity index (χ4v) is 3.50. The van der Waals surface area contributed by atoms with Crippen molar-refractivity contribution in [3.8, 4) is 5.75 Å². The number of ether oxygens (including phenoxy) is 2. The Hall–Kier alpha value is -2.41. The van der Waals surface area contributed by atoms with Crippen molar-refractivity contribution < 1.29 is 24.1 Å². The largest absolute Gasteiger partial charge is 0.497 e. The van der Waals surface area contributed by atoms with Gasteiger partial charge in [-0.05, 0) is 24.3 Å². The lowest BCUT2D eigenvalue weighted by Crippen LogP contribution is -3.12. The average Bonchev–Trinajstić information content (AvgIpc) is 2.70. The summed E-state index contributed by atoms with van der Waals surface area (Å²) in [6.45, 7) is 5.99. The number of likely N-dealkylation sites (N-methyl/N-ethyl adjacent to an activating group) is 1. The number of carbonyl (C=O) groups is 1. The first kappa shape index (κ1) is 20.3. The topological polar surface area (TPSA) is 56.4 Å². The van der Waals surface area contributed by atoms with Crippen LogP contribution in [0.15, 0.2) is 48.5 Å². The molecule has 28 heavy (non-hydrogen) atoms. The SMILES string of the molecule is COc1cccc(C[NH+](C)CC(=O)Nc2ccc(C[NH+]3CCOCC3)cc2)c1. The molecule has 0 bridgehead atoms. The number of methoxy groups -OCH3 is 1. The van der Waals surface area contributed by atoms with Crippen molar-refractivity contribution in [1.29, 1.82) is 0 Å². The second-order valence-corrected chi connectivity index (χ2v) is 7.45. The molecule has 3 N–H and O–H groups in total. The Labute approximate surface area is 167 Å². The lowest BCUT2D eigenvalue weighted by Gasteiger charge is -2.23. The van der Waals surface area contributed by atoms with Crippen molar-refractivity contribution in [2.45, 2.75) is 13.1 Å². The van der Waals surface area contributed by atoms with Gasteiger partial charge in [-0.25, -0.2) is 0 Å². The van der Waals surface area contributed by atoms with Crippen LogP contribution in [0, 0.1) is 0 Å². The molecular formula is C22H31N3O3+2. The van der Waals surface area contributed by atoms with E-state index in [2.05, 4.69) is 23.5 Å². The molecule has 1 aliphatic heterocycles. The minimum atomic E-state index is 0.0203. The molecule has 6 nitrogen and oxygen atoms in total. The third kappa shape index (κ3) is 6.34. The van der Waals surface area contributed by atoms with Crippen molar-refractivity contribution in [2.75, 3.05) is 52.3 Å². The summed E-state index contributed by atoms with van der Waals surface area (Å²) in [7, 11) is 3.68. The highest BCUT2D eigenvalue weighted by Crippen LogP contribution is 2.11. The second-order valence-electron chi connectivity index (χ2n) is 7.45. The number of amides is 1. The van der Waals surface area contributed by atoms with Gasteiger partial charge in [-0.1, -0.05) is 24.3 Å². The first-order valence-electron chi connectivity index (χ1n) is 9.87. The zero-order valence-corrected chi connectivity index (χ0v) is 16.8. The fourth-order valence-electron chi connectivity index (χ4n) is 3.50. The number of anilines is 1. The molecule has 0 spiro atoms. The Balaban J connectivity index is 1.45. The molecule has 1 atom stereocenters. The van der Waals surface area contributed by atoms with Crippen LogP contribution in [-0.4, -0.2) is 52.9 Å². The van der Waals surface area contributed by atoms with Crippen molar-refractivity contribution in [2.24, 2.45) is 0 Å². The van der Waals surface area contributed by atoms with Crippen LogP contribution in [0.1, 0.15) is 11.1 Å². The zero-order chi connectivity index (χ0) is 19.8. The zero-order valence-electron chi connectivity index (χ0n) is 16.8. The van der Waals surface area contributed by atoms with Crippen LogP contribution in [0.2, 0.25) is 0 Å². The molecule has 2 aromatic rings. The smallest absolute Gasteiger partial charge is 0.279 e. The van der Waals surface area contributed by atoms with Crippen LogP contribution < -0.4 is 19.9 Å². The van der Waals surface area contributed by atoms with Crippen LogP contribution in [0.3, 0.4) is 0 Å². The minimum Gasteiger partial charge on any atom is -0.497 e. The van der Waals surface area contributed by atoms with E-state index in [1.165, 1.54) is 5.56 Å². The molecule has 0 saturated carbocycles.